The van der Waals surface area contributed by atoms with Gasteiger partial charge in [-0.1, -0.05) is 30.3 Å². The second-order valence-electron chi connectivity index (χ2n) is 22.4. The molecule has 532 valence electrons. The van der Waals surface area contributed by atoms with E-state index in [-0.39, 0.29) is 83.2 Å². The molecule has 0 fully saturated rings. The summed E-state index contributed by atoms with van der Waals surface area (Å²) in [6.07, 6.45) is -2.56. The first-order valence-electron chi connectivity index (χ1n) is 30.5. The molecular weight excluding hydrogens is 1290 g/mol. The van der Waals surface area contributed by atoms with E-state index in [2.05, 4.69) is 70.8 Å². The summed E-state index contributed by atoms with van der Waals surface area (Å²) in [5.74, 6) is -16.9. The van der Waals surface area contributed by atoms with Gasteiger partial charge < -0.3 is 120 Å². The standard InChI is InChI=1S/C58H88N22O16S/c59-18-4-3-9-34(48(87)78-40(24-45(63)84)54(93)75-37(16-17-43(61)82)51(90)79-41(56(95)96)25-46(64)85)74-55(94)42(27-97)80-50(89)36(11-6-20-70-58(67)68)73-53(92)39(22-29-26-71-33-8-2-1-7-31(29)33)77-49(88)35(10-5-19-69-57(65)66)72-52(91)38(21-28-12-14-30(81)15-13-28)76-47(86)32(60)23-44(62)83/h1-2,7-8,12-15,26,32,34-42,71,81,97H,3-6,9-11,16-25,27,59-60H2,(H2,61,82)(H2,62,83)(H2,63,84)(H2,64,85)(H,72,91)(H,73,92)(H,74,94)(H,75,93)(H,76,86)(H,77,88)(H,78,87)(H,79,90)(H,80,89)(H,95,96)(H4,65,66,69)(H4,67,68,70)/t32-,34-,35-,36-,37-,38-,39-,40-,41-,42-/m0/s1. The van der Waals surface area contributed by atoms with Gasteiger partial charge in [-0.05, 0) is 87.2 Å². The zero-order valence-corrected chi connectivity index (χ0v) is 53.8. The van der Waals surface area contributed by atoms with Crippen LogP contribution in [0.4, 0.5) is 0 Å². The number of fused-ring (bicyclic) bond motifs is 1. The number of aliphatic carboxylic acids is 1. The number of H-pyrrole nitrogens is 1. The molecule has 32 N–H and O–H groups in total. The average Bonchev–Trinajstić information content (AvgIpc) is 1.78. The van der Waals surface area contributed by atoms with Crippen LogP contribution in [0.2, 0.25) is 0 Å². The van der Waals surface area contributed by atoms with E-state index in [9.17, 15) is 77.3 Å². The highest BCUT2D eigenvalue weighted by molar-refractivity contribution is 7.80. The number of aromatic hydroxyl groups is 1. The summed E-state index contributed by atoms with van der Waals surface area (Å²) in [5.41, 5.74) is 45.3. The van der Waals surface area contributed by atoms with Crippen molar-refractivity contribution in [2.24, 2.45) is 45.9 Å². The number of hydrogen-bond acceptors (Lipinski definition) is 20. The fraction of sp³-hybridized carbons (Fsp3) is 0.483. The Labute approximate surface area is 561 Å². The fourth-order valence-corrected chi connectivity index (χ4v) is 9.75. The number of guanidine groups is 2. The number of carboxylic acid groups (broad SMARTS) is 1. The van der Waals surface area contributed by atoms with Gasteiger partial charge in [0.05, 0.1) is 25.3 Å². The summed E-state index contributed by atoms with van der Waals surface area (Å²) >= 11 is 4.29. The molecule has 0 saturated heterocycles. The largest absolute Gasteiger partial charge is 0.508 e. The maximum atomic E-state index is 15.0. The Morgan fingerprint density at radius 1 is 0.464 bits per heavy atom. The third-order valence-corrected chi connectivity index (χ3v) is 14.9. The number of phenols is 1. The number of aromatic nitrogens is 1. The van der Waals surface area contributed by atoms with E-state index in [1.807, 2.05) is 5.32 Å². The summed E-state index contributed by atoms with van der Waals surface area (Å²) in [6.45, 7) is 0.0997. The van der Waals surface area contributed by atoms with Crippen LogP contribution in [0.1, 0.15) is 88.2 Å². The number of aromatic amines is 1. The van der Waals surface area contributed by atoms with Crippen LogP contribution in [0.25, 0.3) is 10.9 Å². The molecule has 0 aliphatic heterocycles. The molecule has 0 aliphatic rings. The molecule has 0 spiro atoms. The SMILES string of the molecule is N=C(N)NCCC[C@H](NC(=O)[C@H](Cc1c[nH]c2ccccc12)NC(=O)[C@H](CCCNC(=N)N)NC(=O)[C@H](Cc1ccc(O)cc1)NC(=O)[C@@H](N)CC(N)=O)C(=O)N[C@@H](CS)C(=O)N[C@@H](CCCCN)C(=O)N[C@@H](CC(N)=O)C(=O)N[C@@H](CCC(N)=O)C(=O)N[C@@H](CC(N)=O)C(=O)O. The van der Waals surface area contributed by atoms with Gasteiger partial charge in [-0.2, -0.15) is 12.6 Å². The Hall–Kier alpha value is -10.8. The van der Waals surface area contributed by atoms with Crippen LogP contribution in [0, 0.1) is 10.8 Å². The number of benzene rings is 2. The van der Waals surface area contributed by atoms with Crippen LogP contribution in [0.3, 0.4) is 0 Å². The third-order valence-electron chi connectivity index (χ3n) is 14.5. The van der Waals surface area contributed by atoms with Crippen LogP contribution >= 0.6 is 12.6 Å². The van der Waals surface area contributed by atoms with E-state index in [1.165, 1.54) is 24.3 Å². The Balaban J connectivity index is 2.04. The van der Waals surface area contributed by atoms with Gasteiger partial charge >= 0.3 is 5.97 Å². The highest BCUT2D eigenvalue weighted by Gasteiger charge is 2.37. The molecule has 0 saturated carbocycles. The van der Waals surface area contributed by atoms with Crippen LogP contribution in [-0.2, 0) is 80.0 Å². The van der Waals surface area contributed by atoms with E-state index in [0.29, 0.717) is 22.0 Å². The molecule has 39 heteroatoms. The van der Waals surface area contributed by atoms with Gasteiger partial charge in [0, 0.05) is 55.2 Å². The number of carbonyl (C=O) groups is 14. The van der Waals surface area contributed by atoms with Crippen molar-refractivity contribution < 1.29 is 77.3 Å². The lowest BCUT2D eigenvalue weighted by atomic mass is 10.0. The number of carbonyl (C=O) groups excluding carboxylic acids is 13. The van der Waals surface area contributed by atoms with Gasteiger partial charge in [-0.25, -0.2) is 4.79 Å². The summed E-state index contributed by atoms with van der Waals surface area (Å²) in [7, 11) is 0. The number of nitrogens with two attached hydrogens (primary N) is 8. The highest BCUT2D eigenvalue weighted by atomic mass is 32.1. The Morgan fingerprint density at radius 3 is 1.34 bits per heavy atom. The third kappa shape index (κ3) is 29.6. The molecule has 2 aromatic carbocycles. The van der Waals surface area contributed by atoms with Gasteiger partial charge in [0.2, 0.25) is 76.8 Å². The van der Waals surface area contributed by atoms with Crippen molar-refractivity contribution >= 4 is 118 Å². The van der Waals surface area contributed by atoms with Gasteiger partial charge in [0.15, 0.2) is 11.9 Å². The minimum Gasteiger partial charge on any atom is -0.508 e. The second-order valence-corrected chi connectivity index (χ2v) is 22.7. The van der Waals surface area contributed by atoms with Crippen molar-refractivity contribution in [3.05, 3.63) is 65.9 Å². The molecule has 10 atom stereocenters. The highest BCUT2D eigenvalue weighted by Crippen LogP contribution is 2.20. The summed E-state index contributed by atoms with van der Waals surface area (Å²) < 4.78 is 0. The van der Waals surface area contributed by atoms with Gasteiger partial charge in [-0.15, -0.1) is 0 Å². The zero-order chi connectivity index (χ0) is 72.5. The maximum absolute atomic E-state index is 15.0. The molecule has 3 rings (SSSR count). The minimum atomic E-state index is -1.91. The predicted octanol–water partition coefficient (Wildman–Crippen LogP) is -8.09. The Bertz CT molecular complexity index is 3300. The Morgan fingerprint density at radius 2 is 0.866 bits per heavy atom. The molecule has 1 heterocycles. The minimum absolute atomic E-state index is 0.0108. The smallest absolute Gasteiger partial charge is 0.326 e. The van der Waals surface area contributed by atoms with E-state index >= 15 is 0 Å². The van der Waals surface area contributed by atoms with Crippen molar-refractivity contribution in [1.29, 1.82) is 10.8 Å². The van der Waals surface area contributed by atoms with Crippen molar-refractivity contribution in [3.63, 3.8) is 0 Å². The van der Waals surface area contributed by atoms with Crippen LogP contribution < -0.4 is 104 Å². The number of rotatable bonds is 45. The van der Waals surface area contributed by atoms with Gasteiger partial charge in [0.25, 0.3) is 0 Å². The number of amides is 13. The quantitative estimate of drug-likeness (QED) is 0.0108. The first-order valence-corrected chi connectivity index (χ1v) is 31.1. The number of thiol groups is 1. The van der Waals surface area contributed by atoms with Crippen molar-refractivity contribution in [2.75, 3.05) is 25.4 Å². The molecule has 0 bridgehead atoms. The topological polar surface area (TPSA) is 683 Å². The van der Waals surface area contributed by atoms with Crippen molar-refractivity contribution in [1.82, 2.24) is 63.5 Å². The molecule has 97 heavy (non-hydrogen) atoms. The number of primary amides is 4. The number of para-hydroxylation sites is 1. The molecule has 0 radical (unpaired) electrons. The molecular formula is C58H88N22O16S. The summed E-state index contributed by atoms with van der Waals surface area (Å²) in [5, 5.41) is 62.5. The van der Waals surface area contributed by atoms with Crippen LogP contribution in [0.15, 0.2) is 54.7 Å². The van der Waals surface area contributed by atoms with Gasteiger partial charge in [0.1, 0.15) is 60.1 Å². The number of unbranched alkanes of at least 4 members (excludes halogenated alkanes) is 1. The lowest BCUT2D eigenvalue weighted by Gasteiger charge is -2.28. The van der Waals surface area contributed by atoms with E-state index in [4.69, 9.17) is 56.7 Å². The summed E-state index contributed by atoms with van der Waals surface area (Å²) in [6, 6.07) is -3.96. The zero-order valence-electron chi connectivity index (χ0n) is 52.9. The molecule has 0 unspecified atom stereocenters. The van der Waals surface area contributed by atoms with Crippen LogP contribution in [-0.4, -0.2) is 196 Å². The average molecular weight is 1380 g/mol. The first-order chi connectivity index (χ1) is 45.8. The monoisotopic (exact) mass is 1380 g/mol. The van der Waals surface area contributed by atoms with E-state index in [1.54, 1.807) is 30.5 Å². The number of phenolic OH excluding ortho intramolecular Hbond substituents is 1. The molecule has 0 aliphatic carbocycles. The number of nitrogens with one attached hydrogen (secondary N) is 14. The van der Waals surface area contributed by atoms with Crippen molar-refractivity contribution in [3.8, 4) is 5.75 Å². The van der Waals surface area contributed by atoms with Crippen LogP contribution in [0.5, 0.6) is 5.75 Å². The fourth-order valence-electron chi connectivity index (χ4n) is 9.49. The Kier molecular flexibility index (Phi) is 34.1. The lowest BCUT2D eigenvalue weighted by Crippen LogP contribution is -2.61. The van der Waals surface area contributed by atoms with Gasteiger partial charge in [-0.3, -0.25) is 73.1 Å². The van der Waals surface area contributed by atoms with Crippen molar-refractivity contribution in [2.45, 2.75) is 150 Å². The molecule has 38 nitrogen and oxygen atoms in total. The van der Waals surface area contributed by atoms with E-state index in [0.717, 1.165) is 0 Å². The molecule has 1 aromatic heterocycles. The number of hydrogen-bond donors (Lipinski definition) is 25. The first kappa shape index (κ1) is 80.4. The maximum Gasteiger partial charge on any atom is 0.326 e. The normalized spacial score (nSPS) is 14.0. The second kappa shape index (κ2) is 41.1. The lowest BCUT2D eigenvalue weighted by molar-refractivity contribution is -0.144. The number of carboxylic acids is 1. The van der Waals surface area contributed by atoms with E-state index < -0.39 is 193 Å². The molecule has 3 aromatic rings. The molecule has 13 amide bonds. The summed E-state index contributed by atoms with van der Waals surface area (Å²) in [4.78, 5) is 190. The predicted molar refractivity (Wildman–Crippen MR) is 352 cm³/mol.